The van der Waals surface area contributed by atoms with E-state index in [1.54, 1.807) is 0 Å². The number of hydrogen-bond acceptors (Lipinski definition) is 4. The molecule has 3 rings (SSSR count). The van der Waals surface area contributed by atoms with Crippen LogP contribution in [0.1, 0.15) is 30.1 Å². The van der Waals surface area contributed by atoms with Crippen molar-refractivity contribution in [1.29, 1.82) is 0 Å². The van der Waals surface area contributed by atoms with Crippen molar-refractivity contribution in [3.8, 4) is 11.3 Å². The SMILES string of the molecule is CC1CCN(c2noc(-c3ccccc3)c2C(=O)O)CC1. The minimum Gasteiger partial charge on any atom is -0.477 e. The van der Waals surface area contributed by atoms with Crippen LogP contribution in [0.2, 0.25) is 0 Å². The summed E-state index contributed by atoms with van der Waals surface area (Å²) in [4.78, 5) is 13.7. The van der Waals surface area contributed by atoms with Crippen molar-refractivity contribution in [3.63, 3.8) is 0 Å². The number of nitrogens with zero attached hydrogens (tertiary/aromatic N) is 2. The lowest BCUT2D eigenvalue weighted by molar-refractivity contribution is 0.0697. The van der Waals surface area contributed by atoms with E-state index in [4.69, 9.17) is 4.52 Å². The lowest BCUT2D eigenvalue weighted by Gasteiger charge is -2.30. The number of aromatic nitrogens is 1. The summed E-state index contributed by atoms with van der Waals surface area (Å²) in [7, 11) is 0. The molecule has 21 heavy (non-hydrogen) atoms. The minimum absolute atomic E-state index is 0.163. The molecule has 1 aromatic heterocycles. The molecular weight excluding hydrogens is 268 g/mol. The molecule has 1 fully saturated rings. The van der Waals surface area contributed by atoms with E-state index in [1.165, 1.54) is 0 Å². The van der Waals surface area contributed by atoms with Crippen molar-refractivity contribution in [2.75, 3.05) is 18.0 Å². The predicted octanol–water partition coefficient (Wildman–Crippen LogP) is 3.28. The van der Waals surface area contributed by atoms with Gasteiger partial charge >= 0.3 is 5.97 Å². The summed E-state index contributed by atoms with van der Waals surface area (Å²) in [5.41, 5.74) is 0.898. The molecule has 110 valence electrons. The van der Waals surface area contributed by atoms with Crippen molar-refractivity contribution in [2.45, 2.75) is 19.8 Å². The van der Waals surface area contributed by atoms with Gasteiger partial charge < -0.3 is 14.5 Å². The van der Waals surface area contributed by atoms with Gasteiger partial charge in [-0.3, -0.25) is 0 Å². The van der Waals surface area contributed by atoms with Crippen molar-refractivity contribution in [3.05, 3.63) is 35.9 Å². The number of piperidine rings is 1. The van der Waals surface area contributed by atoms with E-state index in [0.717, 1.165) is 31.5 Å². The molecule has 5 nitrogen and oxygen atoms in total. The smallest absolute Gasteiger partial charge is 0.343 e. The van der Waals surface area contributed by atoms with E-state index in [2.05, 4.69) is 12.1 Å². The quantitative estimate of drug-likeness (QED) is 0.938. The molecule has 0 atom stereocenters. The molecule has 0 spiro atoms. The van der Waals surface area contributed by atoms with Gasteiger partial charge in [0, 0.05) is 18.7 Å². The number of carboxylic acids is 1. The third kappa shape index (κ3) is 2.63. The normalized spacial score (nSPS) is 16.1. The van der Waals surface area contributed by atoms with Crippen molar-refractivity contribution in [2.24, 2.45) is 5.92 Å². The molecule has 0 amide bonds. The first kappa shape index (κ1) is 13.7. The van der Waals surface area contributed by atoms with Crippen LogP contribution in [0.15, 0.2) is 34.9 Å². The fourth-order valence-corrected chi connectivity index (χ4v) is 2.70. The van der Waals surface area contributed by atoms with E-state index in [1.807, 2.05) is 35.2 Å². The van der Waals surface area contributed by atoms with Crippen LogP contribution in [0.3, 0.4) is 0 Å². The van der Waals surface area contributed by atoms with Crippen molar-refractivity contribution < 1.29 is 14.4 Å². The molecule has 2 heterocycles. The molecule has 1 aromatic carbocycles. The maximum atomic E-state index is 11.7. The Morgan fingerprint density at radius 2 is 1.95 bits per heavy atom. The largest absolute Gasteiger partial charge is 0.477 e. The summed E-state index contributed by atoms with van der Waals surface area (Å²) in [6.45, 7) is 3.86. The van der Waals surface area contributed by atoms with Gasteiger partial charge in [0.15, 0.2) is 17.1 Å². The maximum absolute atomic E-state index is 11.7. The predicted molar refractivity (Wildman–Crippen MR) is 79.5 cm³/mol. The zero-order valence-electron chi connectivity index (χ0n) is 12.0. The van der Waals surface area contributed by atoms with Crippen LogP contribution < -0.4 is 4.90 Å². The summed E-state index contributed by atoms with van der Waals surface area (Å²) in [5, 5.41) is 13.6. The summed E-state index contributed by atoms with van der Waals surface area (Å²) in [5.74, 6) is 0.462. The second kappa shape index (κ2) is 5.60. The average molecular weight is 286 g/mol. The van der Waals surface area contributed by atoms with Crippen molar-refractivity contribution >= 4 is 11.8 Å². The van der Waals surface area contributed by atoms with Crippen LogP contribution in [0.4, 0.5) is 5.82 Å². The van der Waals surface area contributed by atoms with Crippen LogP contribution >= 0.6 is 0 Å². The lowest BCUT2D eigenvalue weighted by Crippen LogP contribution is -2.34. The van der Waals surface area contributed by atoms with E-state index in [-0.39, 0.29) is 5.56 Å². The Kier molecular flexibility index (Phi) is 3.64. The van der Waals surface area contributed by atoms with Gasteiger partial charge in [0.1, 0.15) is 0 Å². The minimum atomic E-state index is -0.997. The third-order valence-corrected chi connectivity index (χ3v) is 4.01. The number of hydrogen-bond donors (Lipinski definition) is 1. The summed E-state index contributed by atoms with van der Waals surface area (Å²) in [6, 6.07) is 9.24. The van der Waals surface area contributed by atoms with Crippen LogP contribution in [0.25, 0.3) is 11.3 Å². The second-order valence-electron chi connectivity index (χ2n) is 5.55. The molecule has 1 saturated heterocycles. The monoisotopic (exact) mass is 286 g/mol. The lowest BCUT2D eigenvalue weighted by atomic mass is 9.99. The standard InChI is InChI=1S/C16H18N2O3/c1-11-7-9-18(10-8-11)15-13(16(19)20)14(21-17-15)12-5-3-2-4-6-12/h2-6,11H,7-10H2,1H3,(H,19,20). The van der Waals surface area contributed by atoms with Gasteiger partial charge in [-0.25, -0.2) is 4.79 Å². The second-order valence-corrected chi connectivity index (χ2v) is 5.55. The highest BCUT2D eigenvalue weighted by molar-refractivity contribution is 5.99. The fraction of sp³-hybridized carbons (Fsp3) is 0.375. The highest BCUT2D eigenvalue weighted by Crippen LogP contribution is 2.33. The molecule has 0 radical (unpaired) electrons. The Balaban J connectivity index is 1.99. The van der Waals surface area contributed by atoms with Gasteiger partial charge in [0.2, 0.25) is 0 Å². The molecule has 5 heteroatoms. The number of carboxylic acid groups (broad SMARTS) is 1. The first-order chi connectivity index (χ1) is 10.2. The number of rotatable bonds is 3. The van der Waals surface area contributed by atoms with Crippen LogP contribution in [0, 0.1) is 5.92 Å². The zero-order chi connectivity index (χ0) is 14.8. The van der Waals surface area contributed by atoms with Gasteiger partial charge in [-0.05, 0) is 18.8 Å². The Hall–Kier alpha value is -2.30. The number of carbonyl (C=O) groups is 1. The summed E-state index contributed by atoms with van der Waals surface area (Å²) >= 11 is 0. The number of benzene rings is 1. The third-order valence-electron chi connectivity index (χ3n) is 4.01. The molecule has 1 N–H and O–H groups in total. The van der Waals surface area contributed by atoms with Gasteiger partial charge in [-0.2, -0.15) is 0 Å². The average Bonchev–Trinajstić information content (AvgIpc) is 2.94. The Morgan fingerprint density at radius 1 is 1.29 bits per heavy atom. The van der Waals surface area contributed by atoms with Crippen LogP contribution in [0.5, 0.6) is 0 Å². The van der Waals surface area contributed by atoms with Gasteiger partial charge in [0.25, 0.3) is 0 Å². The first-order valence-corrected chi connectivity index (χ1v) is 7.20. The van der Waals surface area contributed by atoms with Gasteiger partial charge in [-0.15, -0.1) is 0 Å². The van der Waals surface area contributed by atoms with Gasteiger partial charge in [0.05, 0.1) is 0 Å². The molecule has 2 aromatic rings. The Labute approximate surface area is 123 Å². The Morgan fingerprint density at radius 3 is 2.57 bits per heavy atom. The number of anilines is 1. The molecule has 1 aliphatic heterocycles. The summed E-state index contributed by atoms with van der Waals surface area (Å²) in [6.07, 6.45) is 2.10. The highest BCUT2D eigenvalue weighted by atomic mass is 16.5. The van der Waals surface area contributed by atoms with E-state index in [9.17, 15) is 9.90 Å². The van der Waals surface area contributed by atoms with Gasteiger partial charge in [-0.1, -0.05) is 42.4 Å². The maximum Gasteiger partial charge on any atom is 0.343 e. The molecule has 0 aliphatic carbocycles. The van der Waals surface area contributed by atoms with E-state index >= 15 is 0 Å². The van der Waals surface area contributed by atoms with E-state index < -0.39 is 5.97 Å². The van der Waals surface area contributed by atoms with Crippen molar-refractivity contribution in [1.82, 2.24) is 5.16 Å². The van der Waals surface area contributed by atoms with Crippen LogP contribution in [-0.4, -0.2) is 29.3 Å². The fourth-order valence-electron chi connectivity index (χ4n) is 2.70. The number of aromatic carboxylic acids is 1. The zero-order valence-corrected chi connectivity index (χ0v) is 12.0. The molecule has 0 unspecified atom stereocenters. The Bertz CT molecular complexity index is 628. The highest BCUT2D eigenvalue weighted by Gasteiger charge is 2.29. The molecule has 1 aliphatic rings. The van der Waals surface area contributed by atoms with Crippen LogP contribution in [-0.2, 0) is 0 Å². The van der Waals surface area contributed by atoms with E-state index in [0.29, 0.717) is 17.5 Å². The molecule has 0 saturated carbocycles. The first-order valence-electron chi connectivity index (χ1n) is 7.20. The topological polar surface area (TPSA) is 66.6 Å². The summed E-state index contributed by atoms with van der Waals surface area (Å²) < 4.78 is 5.35. The molecular formula is C16H18N2O3. The molecule has 0 bridgehead atoms.